The Morgan fingerprint density at radius 2 is 2.25 bits per heavy atom. The standard InChI is InChI=1S/C11H19NO3S/c13-11(14)10-4-3-8(15-10)6-12-7-9-2-1-5-16-9/h8-10,12H,1-7H2,(H,13,14). The Labute approximate surface area is 100 Å². The van der Waals surface area contributed by atoms with E-state index in [0.717, 1.165) is 24.8 Å². The molecule has 2 heterocycles. The second kappa shape index (κ2) is 5.89. The zero-order valence-corrected chi connectivity index (χ0v) is 10.2. The molecule has 2 rings (SSSR count). The lowest BCUT2D eigenvalue weighted by atomic mass is 10.2. The molecule has 0 aromatic rings. The maximum atomic E-state index is 10.7. The molecule has 0 aliphatic carbocycles. The van der Waals surface area contributed by atoms with Gasteiger partial charge in [0.1, 0.15) is 0 Å². The summed E-state index contributed by atoms with van der Waals surface area (Å²) in [5, 5.41) is 12.9. The number of hydrogen-bond acceptors (Lipinski definition) is 4. The predicted molar refractivity (Wildman–Crippen MR) is 63.9 cm³/mol. The number of carboxylic acids is 1. The van der Waals surface area contributed by atoms with Gasteiger partial charge >= 0.3 is 5.97 Å². The maximum absolute atomic E-state index is 10.7. The highest BCUT2D eigenvalue weighted by Gasteiger charge is 2.30. The molecule has 0 radical (unpaired) electrons. The van der Waals surface area contributed by atoms with Crippen molar-refractivity contribution in [1.29, 1.82) is 0 Å². The van der Waals surface area contributed by atoms with E-state index in [1.165, 1.54) is 18.6 Å². The zero-order chi connectivity index (χ0) is 11.4. The van der Waals surface area contributed by atoms with Crippen LogP contribution in [0.3, 0.4) is 0 Å². The summed E-state index contributed by atoms with van der Waals surface area (Å²) in [6.45, 7) is 1.82. The van der Waals surface area contributed by atoms with Gasteiger partial charge in [-0.2, -0.15) is 11.8 Å². The highest BCUT2D eigenvalue weighted by Crippen LogP contribution is 2.25. The Balaban J connectivity index is 1.58. The van der Waals surface area contributed by atoms with Crippen molar-refractivity contribution in [3.63, 3.8) is 0 Å². The number of carbonyl (C=O) groups is 1. The van der Waals surface area contributed by atoms with Crippen LogP contribution in [0.15, 0.2) is 0 Å². The van der Waals surface area contributed by atoms with Gasteiger partial charge in [-0.1, -0.05) is 0 Å². The number of thioether (sulfide) groups is 1. The predicted octanol–water partition coefficient (Wildman–Crippen LogP) is 1.10. The molecule has 5 heteroatoms. The number of rotatable bonds is 5. The van der Waals surface area contributed by atoms with E-state index in [9.17, 15) is 4.79 Å². The summed E-state index contributed by atoms with van der Waals surface area (Å²) in [6, 6.07) is 0. The fourth-order valence-electron chi connectivity index (χ4n) is 2.25. The van der Waals surface area contributed by atoms with E-state index in [1.54, 1.807) is 0 Å². The van der Waals surface area contributed by atoms with Crippen LogP contribution in [0.1, 0.15) is 25.7 Å². The van der Waals surface area contributed by atoms with Gasteiger partial charge in [0.2, 0.25) is 0 Å². The van der Waals surface area contributed by atoms with Crippen LogP contribution in [-0.4, -0.2) is 47.4 Å². The summed E-state index contributed by atoms with van der Waals surface area (Å²) >= 11 is 2.03. The number of ether oxygens (including phenoxy) is 1. The fourth-order valence-corrected chi connectivity index (χ4v) is 3.48. The molecule has 0 bridgehead atoms. The molecule has 92 valence electrons. The molecule has 4 nitrogen and oxygen atoms in total. The van der Waals surface area contributed by atoms with Gasteiger partial charge in [0.25, 0.3) is 0 Å². The minimum atomic E-state index is -0.825. The van der Waals surface area contributed by atoms with Crippen molar-refractivity contribution in [2.75, 3.05) is 18.8 Å². The van der Waals surface area contributed by atoms with Crippen molar-refractivity contribution in [3.8, 4) is 0 Å². The van der Waals surface area contributed by atoms with Gasteiger partial charge in [0.05, 0.1) is 6.10 Å². The molecule has 2 aliphatic rings. The van der Waals surface area contributed by atoms with Crippen molar-refractivity contribution in [2.24, 2.45) is 0 Å². The Hall–Kier alpha value is -0.260. The van der Waals surface area contributed by atoms with E-state index in [-0.39, 0.29) is 6.10 Å². The molecule has 2 aliphatic heterocycles. The first kappa shape index (κ1) is 12.2. The summed E-state index contributed by atoms with van der Waals surface area (Å²) in [5.74, 6) is 0.460. The molecule has 0 saturated carbocycles. The molecule has 3 unspecified atom stereocenters. The third-order valence-corrected chi connectivity index (χ3v) is 4.55. The van der Waals surface area contributed by atoms with Crippen molar-refractivity contribution < 1.29 is 14.6 Å². The molecule has 0 aromatic carbocycles. The number of carboxylic acid groups (broad SMARTS) is 1. The second-order valence-corrected chi connectivity index (χ2v) is 5.86. The van der Waals surface area contributed by atoms with E-state index in [2.05, 4.69) is 5.32 Å². The van der Waals surface area contributed by atoms with Gasteiger partial charge in [-0.3, -0.25) is 0 Å². The molecular weight excluding hydrogens is 226 g/mol. The fraction of sp³-hybridized carbons (Fsp3) is 0.909. The topological polar surface area (TPSA) is 58.6 Å². The Bertz CT molecular complexity index is 243. The van der Waals surface area contributed by atoms with Gasteiger partial charge < -0.3 is 15.2 Å². The van der Waals surface area contributed by atoms with E-state index in [0.29, 0.717) is 6.42 Å². The van der Waals surface area contributed by atoms with E-state index < -0.39 is 12.1 Å². The van der Waals surface area contributed by atoms with Crippen molar-refractivity contribution in [1.82, 2.24) is 5.32 Å². The van der Waals surface area contributed by atoms with E-state index in [4.69, 9.17) is 9.84 Å². The van der Waals surface area contributed by atoms with Gasteiger partial charge in [-0.25, -0.2) is 4.79 Å². The smallest absolute Gasteiger partial charge is 0.332 e. The Morgan fingerprint density at radius 1 is 1.38 bits per heavy atom. The maximum Gasteiger partial charge on any atom is 0.332 e. The largest absolute Gasteiger partial charge is 0.479 e. The summed E-state index contributed by atoms with van der Waals surface area (Å²) < 4.78 is 5.42. The van der Waals surface area contributed by atoms with Gasteiger partial charge in [-0.15, -0.1) is 0 Å². The SMILES string of the molecule is O=C(O)C1CCC(CNCC2CCCS2)O1. The number of nitrogens with one attached hydrogen (secondary N) is 1. The third kappa shape index (κ3) is 3.37. The Morgan fingerprint density at radius 3 is 2.88 bits per heavy atom. The van der Waals surface area contributed by atoms with Crippen molar-refractivity contribution in [2.45, 2.75) is 43.1 Å². The first-order valence-electron chi connectivity index (χ1n) is 5.96. The van der Waals surface area contributed by atoms with Gasteiger partial charge in [0.15, 0.2) is 6.10 Å². The summed E-state index contributed by atoms with van der Waals surface area (Å²) in [6.07, 6.45) is 3.67. The van der Waals surface area contributed by atoms with Gasteiger partial charge in [-0.05, 0) is 31.4 Å². The first-order chi connectivity index (χ1) is 7.75. The molecule has 16 heavy (non-hydrogen) atoms. The summed E-state index contributed by atoms with van der Waals surface area (Å²) in [4.78, 5) is 10.7. The second-order valence-electron chi connectivity index (χ2n) is 4.46. The van der Waals surface area contributed by atoms with Crippen LogP contribution in [0, 0.1) is 0 Å². The molecule has 0 amide bonds. The minimum Gasteiger partial charge on any atom is -0.479 e. The normalized spacial score (nSPS) is 34.4. The van der Waals surface area contributed by atoms with Crippen molar-refractivity contribution >= 4 is 17.7 Å². The molecule has 2 N–H and O–H groups in total. The molecule has 0 spiro atoms. The highest BCUT2D eigenvalue weighted by atomic mass is 32.2. The molecule has 2 saturated heterocycles. The molecule has 2 fully saturated rings. The van der Waals surface area contributed by atoms with Crippen LogP contribution in [0.2, 0.25) is 0 Å². The molecule has 0 aromatic heterocycles. The van der Waals surface area contributed by atoms with E-state index >= 15 is 0 Å². The molecule has 3 atom stereocenters. The average molecular weight is 245 g/mol. The first-order valence-corrected chi connectivity index (χ1v) is 7.01. The van der Waals surface area contributed by atoms with Crippen LogP contribution < -0.4 is 5.32 Å². The van der Waals surface area contributed by atoms with Crippen LogP contribution in [0.25, 0.3) is 0 Å². The van der Waals surface area contributed by atoms with E-state index in [1.807, 2.05) is 11.8 Å². The highest BCUT2D eigenvalue weighted by molar-refractivity contribution is 8.00. The summed E-state index contributed by atoms with van der Waals surface area (Å²) in [5.41, 5.74) is 0. The lowest BCUT2D eigenvalue weighted by Crippen LogP contribution is -2.32. The van der Waals surface area contributed by atoms with Gasteiger partial charge in [0, 0.05) is 18.3 Å². The number of aliphatic carboxylic acids is 1. The zero-order valence-electron chi connectivity index (χ0n) is 9.35. The van der Waals surface area contributed by atoms with Crippen LogP contribution in [0.4, 0.5) is 0 Å². The van der Waals surface area contributed by atoms with Crippen LogP contribution in [-0.2, 0) is 9.53 Å². The molecular formula is C11H19NO3S. The third-order valence-electron chi connectivity index (χ3n) is 3.15. The van der Waals surface area contributed by atoms with Crippen LogP contribution >= 0.6 is 11.8 Å². The summed E-state index contributed by atoms with van der Waals surface area (Å²) in [7, 11) is 0. The quantitative estimate of drug-likeness (QED) is 0.759. The minimum absolute atomic E-state index is 0.0903. The Kier molecular flexibility index (Phi) is 4.49. The number of hydrogen-bond donors (Lipinski definition) is 2. The monoisotopic (exact) mass is 245 g/mol. The lowest BCUT2D eigenvalue weighted by molar-refractivity contribution is -0.149. The average Bonchev–Trinajstić information content (AvgIpc) is 2.87. The van der Waals surface area contributed by atoms with Crippen molar-refractivity contribution in [3.05, 3.63) is 0 Å². The van der Waals surface area contributed by atoms with Crippen LogP contribution in [0.5, 0.6) is 0 Å². The lowest BCUT2D eigenvalue weighted by Gasteiger charge is -2.14.